The molecule has 2 aromatic heterocycles. The molecule has 0 amide bonds. The zero-order valence-electron chi connectivity index (χ0n) is 13.9. The first-order chi connectivity index (χ1) is 10.1. The lowest BCUT2D eigenvalue weighted by atomic mass is 10.1. The summed E-state index contributed by atoms with van der Waals surface area (Å²) in [5.74, 6) is 0. The Morgan fingerprint density at radius 2 is 1.52 bits per heavy atom. The molecule has 0 atom stereocenters. The van der Waals surface area contributed by atoms with E-state index < -0.39 is 0 Å². The van der Waals surface area contributed by atoms with Crippen LogP contribution in [0.25, 0.3) is 9.75 Å². The summed E-state index contributed by atoms with van der Waals surface area (Å²) in [6.07, 6.45) is 9.58. The van der Waals surface area contributed by atoms with E-state index in [1.165, 1.54) is 70.7 Å². The summed E-state index contributed by atoms with van der Waals surface area (Å²) < 4.78 is 0. The molecule has 0 radical (unpaired) electrons. The van der Waals surface area contributed by atoms with Crippen LogP contribution in [0.5, 0.6) is 0 Å². The molecule has 2 heterocycles. The molecule has 21 heavy (non-hydrogen) atoms. The second kappa shape index (κ2) is 8.14. The quantitative estimate of drug-likeness (QED) is 0.447. The minimum absolute atomic E-state index is 1.26. The minimum atomic E-state index is 1.26. The first-order valence-corrected chi connectivity index (χ1v) is 9.92. The Kier molecular flexibility index (Phi) is 6.50. The summed E-state index contributed by atoms with van der Waals surface area (Å²) in [5.41, 5.74) is 2.95. The Labute approximate surface area is 138 Å². The van der Waals surface area contributed by atoms with Gasteiger partial charge in [0.05, 0.1) is 0 Å². The molecule has 0 aromatic carbocycles. The second-order valence-electron chi connectivity index (χ2n) is 6.02. The molecule has 0 aliphatic rings. The fourth-order valence-corrected chi connectivity index (χ4v) is 5.07. The maximum atomic E-state index is 2.34. The van der Waals surface area contributed by atoms with Gasteiger partial charge in [0, 0.05) is 19.5 Å². The maximum Gasteiger partial charge on any atom is 0.0477 e. The Balaban J connectivity index is 1.88. The van der Waals surface area contributed by atoms with Crippen molar-refractivity contribution in [3.63, 3.8) is 0 Å². The smallest absolute Gasteiger partial charge is 0.0477 e. The van der Waals surface area contributed by atoms with Gasteiger partial charge < -0.3 is 0 Å². The van der Waals surface area contributed by atoms with E-state index in [4.69, 9.17) is 0 Å². The number of thiophene rings is 2. The fraction of sp³-hybridized carbons (Fsp3) is 0.579. The van der Waals surface area contributed by atoms with Crippen molar-refractivity contribution in [2.45, 2.75) is 72.6 Å². The molecule has 0 aliphatic heterocycles. The number of hydrogen-bond donors (Lipinski definition) is 0. The summed E-state index contributed by atoms with van der Waals surface area (Å²) in [6.45, 7) is 9.03. The standard InChI is InChI=1S/C19H28S2/c1-5-6-7-8-9-10-11-17-12-13-18(21-17)19-15(3)14(2)16(4)20-19/h12-13H,5-11H2,1-4H3. The van der Waals surface area contributed by atoms with Gasteiger partial charge in [-0.2, -0.15) is 0 Å². The molecular weight excluding hydrogens is 292 g/mol. The monoisotopic (exact) mass is 320 g/mol. The maximum absolute atomic E-state index is 2.34. The molecule has 0 unspecified atom stereocenters. The first-order valence-electron chi connectivity index (χ1n) is 8.29. The normalized spacial score (nSPS) is 11.2. The third-order valence-electron chi connectivity index (χ3n) is 4.35. The van der Waals surface area contributed by atoms with Crippen LogP contribution in [0.15, 0.2) is 12.1 Å². The number of unbranched alkanes of at least 4 members (excludes halogenated alkanes) is 5. The van der Waals surface area contributed by atoms with E-state index in [0.717, 1.165) is 0 Å². The molecule has 2 heteroatoms. The molecule has 0 spiro atoms. The van der Waals surface area contributed by atoms with Crippen molar-refractivity contribution in [1.82, 2.24) is 0 Å². The third kappa shape index (κ3) is 4.43. The van der Waals surface area contributed by atoms with E-state index in [-0.39, 0.29) is 0 Å². The Morgan fingerprint density at radius 3 is 2.19 bits per heavy atom. The van der Waals surface area contributed by atoms with Gasteiger partial charge in [0.2, 0.25) is 0 Å². The average molecular weight is 321 g/mol. The molecule has 0 bridgehead atoms. The van der Waals surface area contributed by atoms with Crippen LogP contribution in [0.2, 0.25) is 0 Å². The van der Waals surface area contributed by atoms with Crippen LogP contribution in [-0.2, 0) is 6.42 Å². The van der Waals surface area contributed by atoms with E-state index in [2.05, 4.69) is 39.8 Å². The fourth-order valence-electron chi connectivity index (χ4n) is 2.69. The largest absolute Gasteiger partial charge is 0.139 e. The van der Waals surface area contributed by atoms with Crippen LogP contribution < -0.4 is 0 Å². The molecular formula is C19H28S2. The summed E-state index contributed by atoms with van der Waals surface area (Å²) >= 11 is 3.96. The number of aryl methyl sites for hydroxylation is 2. The first kappa shape index (κ1) is 16.8. The van der Waals surface area contributed by atoms with Crippen LogP contribution in [0.1, 0.15) is 66.3 Å². The third-order valence-corrected chi connectivity index (χ3v) is 6.98. The van der Waals surface area contributed by atoms with E-state index in [1.807, 2.05) is 22.7 Å². The van der Waals surface area contributed by atoms with Gasteiger partial charge in [-0.15, -0.1) is 22.7 Å². The highest BCUT2D eigenvalue weighted by Crippen LogP contribution is 2.39. The van der Waals surface area contributed by atoms with Crippen molar-refractivity contribution in [1.29, 1.82) is 0 Å². The van der Waals surface area contributed by atoms with Crippen LogP contribution in [0, 0.1) is 20.8 Å². The van der Waals surface area contributed by atoms with Gasteiger partial charge in [0.15, 0.2) is 0 Å². The number of rotatable bonds is 8. The lowest BCUT2D eigenvalue weighted by molar-refractivity contribution is 0.609. The van der Waals surface area contributed by atoms with Crippen LogP contribution in [0.3, 0.4) is 0 Å². The zero-order valence-corrected chi connectivity index (χ0v) is 15.6. The van der Waals surface area contributed by atoms with Crippen LogP contribution in [-0.4, -0.2) is 0 Å². The van der Waals surface area contributed by atoms with E-state index in [1.54, 1.807) is 4.88 Å². The van der Waals surface area contributed by atoms with Gasteiger partial charge in [-0.05, 0) is 56.9 Å². The topological polar surface area (TPSA) is 0 Å². The Hall–Kier alpha value is -0.600. The molecule has 0 saturated heterocycles. The molecule has 0 N–H and O–H groups in total. The lowest BCUT2D eigenvalue weighted by Gasteiger charge is -1.99. The molecule has 0 aliphatic carbocycles. The highest BCUT2D eigenvalue weighted by atomic mass is 32.1. The molecule has 0 nitrogen and oxygen atoms in total. The Bertz CT molecular complexity index is 560. The van der Waals surface area contributed by atoms with E-state index in [0.29, 0.717) is 0 Å². The van der Waals surface area contributed by atoms with Crippen LogP contribution >= 0.6 is 22.7 Å². The van der Waals surface area contributed by atoms with Crippen molar-refractivity contribution in [2.75, 3.05) is 0 Å². The molecule has 116 valence electrons. The highest BCUT2D eigenvalue weighted by molar-refractivity contribution is 7.22. The van der Waals surface area contributed by atoms with Crippen molar-refractivity contribution in [2.24, 2.45) is 0 Å². The second-order valence-corrected chi connectivity index (χ2v) is 8.41. The predicted octanol–water partition coefficient (Wildman–Crippen LogP) is 7.30. The van der Waals surface area contributed by atoms with Crippen molar-refractivity contribution in [3.05, 3.63) is 33.0 Å². The predicted molar refractivity (Wildman–Crippen MR) is 98.9 cm³/mol. The van der Waals surface area contributed by atoms with Gasteiger partial charge in [0.1, 0.15) is 0 Å². The molecule has 2 aromatic rings. The molecule has 0 saturated carbocycles. The summed E-state index contributed by atoms with van der Waals surface area (Å²) in [6, 6.07) is 4.67. The SMILES string of the molecule is CCCCCCCCc1ccc(-c2sc(C)c(C)c2C)s1. The zero-order chi connectivity index (χ0) is 15.2. The summed E-state index contributed by atoms with van der Waals surface area (Å²) in [5, 5.41) is 0. The van der Waals surface area contributed by atoms with Crippen molar-refractivity contribution >= 4 is 22.7 Å². The van der Waals surface area contributed by atoms with Gasteiger partial charge in [-0.3, -0.25) is 0 Å². The molecule has 0 fully saturated rings. The highest BCUT2D eigenvalue weighted by Gasteiger charge is 2.12. The van der Waals surface area contributed by atoms with Crippen LogP contribution in [0.4, 0.5) is 0 Å². The van der Waals surface area contributed by atoms with E-state index in [9.17, 15) is 0 Å². The Morgan fingerprint density at radius 1 is 0.810 bits per heavy atom. The van der Waals surface area contributed by atoms with Crippen molar-refractivity contribution < 1.29 is 0 Å². The summed E-state index contributed by atoms with van der Waals surface area (Å²) in [7, 11) is 0. The van der Waals surface area contributed by atoms with E-state index >= 15 is 0 Å². The molecule has 2 rings (SSSR count). The van der Waals surface area contributed by atoms with Gasteiger partial charge in [0.25, 0.3) is 0 Å². The van der Waals surface area contributed by atoms with Gasteiger partial charge >= 0.3 is 0 Å². The average Bonchev–Trinajstić information content (AvgIpc) is 3.03. The lowest BCUT2D eigenvalue weighted by Crippen LogP contribution is -1.82. The minimum Gasteiger partial charge on any atom is -0.139 e. The summed E-state index contributed by atoms with van der Waals surface area (Å²) in [4.78, 5) is 5.98. The van der Waals surface area contributed by atoms with Crippen molar-refractivity contribution in [3.8, 4) is 9.75 Å². The van der Waals surface area contributed by atoms with Gasteiger partial charge in [-0.1, -0.05) is 39.0 Å². The van der Waals surface area contributed by atoms with Gasteiger partial charge in [-0.25, -0.2) is 0 Å². The number of hydrogen-bond acceptors (Lipinski definition) is 2.